The average molecular weight is 240 g/mol. The van der Waals surface area contributed by atoms with Gasteiger partial charge in [-0.25, -0.2) is 0 Å². The Hall–Kier alpha value is -0.670. The number of rotatable bonds is 4. The van der Waals surface area contributed by atoms with Crippen molar-refractivity contribution in [3.63, 3.8) is 0 Å². The van der Waals surface area contributed by atoms with Gasteiger partial charge < -0.3 is 9.84 Å². The molecule has 0 saturated carbocycles. The Morgan fingerprint density at radius 3 is 2.44 bits per heavy atom. The van der Waals surface area contributed by atoms with Gasteiger partial charge >= 0.3 is 0 Å². The van der Waals surface area contributed by atoms with Crippen LogP contribution in [0, 0.1) is 20.8 Å². The van der Waals surface area contributed by atoms with Crippen molar-refractivity contribution in [2.24, 2.45) is 0 Å². The molecule has 0 aliphatic carbocycles. The summed E-state index contributed by atoms with van der Waals surface area (Å²) in [6, 6.07) is 1.99. The summed E-state index contributed by atoms with van der Waals surface area (Å²) in [4.78, 5) is 0. The number of aliphatic hydroxyl groups is 1. The van der Waals surface area contributed by atoms with Crippen LogP contribution >= 0.6 is 12.6 Å². The molecule has 0 bridgehead atoms. The summed E-state index contributed by atoms with van der Waals surface area (Å²) < 4.78 is 5.30. The van der Waals surface area contributed by atoms with Gasteiger partial charge in [0.1, 0.15) is 5.75 Å². The van der Waals surface area contributed by atoms with E-state index < -0.39 is 6.10 Å². The number of methoxy groups -OCH3 is 1. The van der Waals surface area contributed by atoms with Gasteiger partial charge in [0.2, 0.25) is 0 Å². The summed E-state index contributed by atoms with van der Waals surface area (Å²) in [6.45, 7) is 6.05. The third-order valence-corrected chi connectivity index (χ3v) is 3.32. The molecule has 0 saturated heterocycles. The molecule has 0 fully saturated rings. The Balaban J connectivity index is 3.24. The molecule has 16 heavy (non-hydrogen) atoms. The van der Waals surface area contributed by atoms with Crippen LogP contribution in [-0.2, 0) is 0 Å². The van der Waals surface area contributed by atoms with E-state index in [1.807, 2.05) is 26.8 Å². The molecule has 3 heteroatoms. The average Bonchev–Trinajstić information content (AvgIpc) is 2.24. The molecule has 1 rings (SSSR count). The Bertz CT molecular complexity index is 375. The second-order valence-corrected chi connectivity index (χ2v) is 4.53. The van der Waals surface area contributed by atoms with Gasteiger partial charge in [0.15, 0.2) is 0 Å². The monoisotopic (exact) mass is 240 g/mol. The van der Waals surface area contributed by atoms with Gasteiger partial charge in [-0.05, 0) is 61.3 Å². The van der Waals surface area contributed by atoms with Crippen molar-refractivity contribution in [2.75, 3.05) is 12.9 Å². The lowest BCUT2D eigenvalue weighted by molar-refractivity contribution is 0.173. The van der Waals surface area contributed by atoms with E-state index in [2.05, 4.69) is 12.6 Å². The predicted molar refractivity (Wildman–Crippen MR) is 70.6 cm³/mol. The van der Waals surface area contributed by atoms with Crippen LogP contribution in [0.4, 0.5) is 0 Å². The van der Waals surface area contributed by atoms with Crippen LogP contribution in [0.2, 0.25) is 0 Å². The van der Waals surface area contributed by atoms with Crippen molar-refractivity contribution >= 4 is 12.6 Å². The van der Waals surface area contributed by atoms with E-state index in [1.165, 1.54) is 0 Å². The zero-order valence-electron chi connectivity index (χ0n) is 10.4. The maximum Gasteiger partial charge on any atom is 0.122 e. The Morgan fingerprint density at radius 2 is 1.94 bits per heavy atom. The molecule has 1 aromatic carbocycles. The fraction of sp³-hybridized carbons (Fsp3) is 0.538. The van der Waals surface area contributed by atoms with E-state index in [1.54, 1.807) is 7.11 Å². The number of hydrogen-bond acceptors (Lipinski definition) is 3. The van der Waals surface area contributed by atoms with Gasteiger partial charge in [0, 0.05) is 0 Å². The van der Waals surface area contributed by atoms with E-state index in [-0.39, 0.29) is 0 Å². The van der Waals surface area contributed by atoms with Crippen molar-refractivity contribution in [3.8, 4) is 5.75 Å². The Labute approximate surface area is 103 Å². The van der Waals surface area contributed by atoms with E-state index >= 15 is 0 Å². The third-order valence-electron chi connectivity index (χ3n) is 3.06. The Morgan fingerprint density at radius 1 is 1.31 bits per heavy atom. The quantitative estimate of drug-likeness (QED) is 0.792. The van der Waals surface area contributed by atoms with Crippen LogP contribution in [-0.4, -0.2) is 18.0 Å². The van der Waals surface area contributed by atoms with Gasteiger partial charge in [0.25, 0.3) is 0 Å². The topological polar surface area (TPSA) is 29.5 Å². The molecule has 0 heterocycles. The van der Waals surface area contributed by atoms with Gasteiger partial charge in [-0.3, -0.25) is 0 Å². The van der Waals surface area contributed by atoms with E-state index in [0.29, 0.717) is 12.2 Å². The highest BCUT2D eigenvalue weighted by atomic mass is 32.1. The normalized spacial score (nSPS) is 12.6. The lowest BCUT2D eigenvalue weighted by atomic mass is 9.92. The molecule has 1 aromatic rings. The van der Waals surface area contributed by atoms with Crippen LogP contribution in [0.25, 0.3) is 0 Å². The third kappa shape index (κ3) is 2.53. The van der Waals surface area contributed by atoms with E-state index in [0.717, 1.165) is 28.0 Å². The lowest BCUT2D eigenvalue weighted by Gasteiger charge is -2.19. The van der Waals surface area contributed by atoms with Gasteiger partial charge in [-0.1, -0.05) is 0 Å². The highest BCUT2D eigenvalue weighted by Crippen LogP contribution is 2.32. The molecule has 0 aromatic heterocycles. The zero-order chi connectivity index (χ0) is 12.3. The largest absolute Gasteiger partial charge is 0.496 e. The first-order chi connectivity index (χ1) is 7.52. The molecule has 0 aliphatic rings. The van der Waals surface area contributed by atoms with Gasteiger partial charge in [-0.2, -0.15) is 12.6 Å². The molecular weight excluding hydrogens is 220 g/mol. The van der Waals surface area contributed by atoms with Crippen LogP contribution < -0.4 is 4.74 Å². The molecule has 1 atom stereocenters. The first-order valence-electron chi connectivity index (χ1n) is 5.46. The number of aliphatic hydroxyl groups excluding tert-OH is 1. The highest BCUT2D eigenvalue weighted by molar-refractivity contribution is 7.80. The molecule has 1 N–H and O–H groups in total. The fourth-order valence-corrected chi connectivity index (χ4v) is 2.30. The number of ether oxygens (including phenoxy) is 1. The van der Waals surface area contributed by atoms with Crippen LogP contribution in [0.15, 0.2) is 6.07 Å². The minimum Gasteiger partial charge on any atom is -0.496 e. The van der Waals surface area contributed by atoms with Crippen LogP contribution in [0.3, 0.4) is 0 Å². The molecule has 0 radical (unpaired) electrons. The second-order valence-electron chi connectivity index (χ2n) is 4.09. The summed E-state index contributed by atoms with van der Waals surface area (Å²) in [5, 5.41) is 10.1. The minimum atomic E-state index is -0.429. The predicted octanol–water partition coefficient (Wildman–Crippen LogP) is 2.97. The van der Waals surface area contributed by atoms with Crippen molar-refractivity contribution < 1.29 is 9.84 Å². The van der Waals surface area contributed by atoms with Crippen molar-refractivity contribution in [2.45, 2.75) is 33.3 Å². The molecule has 90 valence electrons. The summed E-state index contributed by atoms with van der Waals surface area (Å²) in [5.74, 6) is 1.57. The first kappa shape index (κ1) is 13.4. The maximum atomic E-state index is 10.1. The summed E-state index contributed by atoms with van der Waals surface area (Å²) >= 11 is 4.16. The number of aryl methyl sites for hydroxylation is 1. The van der Waals surface area contributed by atoms with Crippen LogP contribution in [0.5, 0.6) is 5.75 Å². The fourth-order valence-electron chi connectivity index (χ4n) is 2.06. The molecule has 0 spiro atoms. The van der Waals surface area contributed by atoms with Crippen molar-refractivity contribution in [1.29, 1.82) is 0 Å². The smallest absolute Gasteiger partial charge is 0.122 e. The summed E-state index contributed by atoms with van der Waals surface area (Å²) in [7, 11) is 1.67. The van der Waals surface area contributed by atoms with Gasteiger partial charge in [0.05, 0.1) is 13.2 Å². The SMILES string of the molecule is COc1cc(C)c(C(O)CCS)c(C)c1C. The van der Waals surface area contributed by atoms with Gasteiger partial charge in [-0.15, -0.1) is 0 Å². The maximum absolute atomic E-state index is 10.1. The van der Waals surface area contributed by atoms with Crippen LogP contribution in [0.1, 0.15) is 34.8 Å². The molecule has 0 amide bonds. The van der Waals surface area contributed by atoms with E-state index in [9.17, 15) is 5.11 Å². The molecule has 0 aliphatic heterocycles. The Kier molecular flexibility index (Phi) is 4.69. The zero-order valence-corrected chi connectivity index (χ0v) is 11.3. The number of thiol groups is 1. The molecule has 1 unspecified atom stereocenters. The standard InChI is InChI=1S/C13H20O2S/c1-8-7-12(15-4)9(2)10(3)13(8)11(14)5-6-16/h7,11,14,16H,5-6H2,1-4H3. The summed E-state index contributed by atoms with van der Waals surface area (Å²) in [6.07, 6.45) is 0.249. The van der Waals surface area contributed by atoms with E-state index in [4.69, 9.17) is 4.74 Å². The number of hydrogen-bond donors (Lipinski definition) is 2. The van der Waals surface area contributed by atoms with Crippen molar-refractivity contribution in [3.05, 3.63) is 28.3 Å². The molecule has 2 nitrogen and oxygen atoms in total. The summed E-state index contributed by atoms with van der Waals surface area (Å²) in [5.41, 5.74) is 4.31. The highest BCUT2D eigenvalue weighted by Gasteiger charge is 2.16. The lowest BCUT2D eigenvalue weighted by Crippen LogP contribution is -2.06. The second kappa shape index (κ2) is 5.60. The molecular formula is C13H20O2S. The number of benzene rings is 1. The minimum absolute atomic E-state index is 0.429. The first-order valence-corrected chi connectivity index (χ1v) is 6.09. The van der Waals surface area contributed by atoms with Crippen molar-refractivity contribution in [1.82, 2.24) is 0 Å².